The molecule has 3 aromatic carbocycles. The second-order valence-corrected chi connectivity index (χ2v) is 24.4. The van der Waals surface area contributed by atoms with E-state index in [1.54, 1.807) is 29.5 Å². The summed E-state index contributed by atoms with van der Waals surface area (Å²) in [4.78, 5) is 67.4. The van der Waals surface area contributed by atoms with E-state index in [-0.39, 0.29) is 84.2 Å². The van der Waals surface area contributed by atoms with Crippen molar-refractivity contribution in [2.45, 2.75) is 149 Å². The average molecular weight is 1030 g/mol. The number of halogens is 1. The third kappa shape index (κ3) is 11.8. The summed E-state index contributed by atoms with van der Waals surface area (Å²) in [6.07, 6.45) is 4.08. The van der Waals surface area contributed by atoms with Crippen LogP contribution in [0.2, 0.25) is 5.02 Å². The molecular weight excluding hydrogens is 960 g/mol. The van der Waals surface area contributed by atoms with Crippen LogP contribution < -0.4 is 20.7 Å². The van der Waals surface area contributed by atoms with Gasteiger partial charge in [-0.1, -0.05) is 96.5 Å². The molecule has 2 bridgehead atoms. The zero-order chi connectivity index (χ0) is 52.6. The van der Waals surface area contributed by atoms with Crippen molar-refractivity contribution in [3.8, 4) is 22.3 Å². The SMILES string of the molecule is Cc1ncsc1-c1ccc([C@H](C)NC(=O)[C@@H]2C[C@@H](O)CN2C(=O)[C@@H](NC(=O)CN2C3CCC2CN(CCCCc2ccc(C(=O)NC4C(C)(C)C(Oc5ccc(C#N)c(Cl)c5)C4(C)C)cc2)C3)C(C)(C)C)cc1. The number of aryl methyl sites for hydroxylation is 2. The lowest BCUT2D eigenvalue weighted by Crippen LogP contribution is -2.74. The lowest BCUT2D eigenvalue weighted by molar-refractivity contribution is -0.164. The molecule has 1 saturated carbocycles. The monoisotopic (exact) mass is 1030 g/mol. The first-order valence-electron chi connectivity index (χ1n) is 25.9. The fraction of sp³-hybridized carbons (Fsp3) is 0.544. The first-order valence-corrected chi connectivity index (χ1v) is 27.1. The van der Waals surface area contributed by atoms with Crippen LogP contribution in [0.25, 0.3) is 10.4 Å². The molecule has 4 amide bonds. The maximum absolute atomic E-state index is 14.4. The Morgan fingerprint density at radius 3 is 2.22 bits per heavy atom. The van der Waals surface area contributed by atoms with E-state index >= 15 is 0 Å². The van der Waals surface area contributed by atoms with Gasteiger partial charge < -0.3 is 35.6 Å². The molecule has 3 aliphatic heterocycles. The number of benzene rings is 3. The molecule has 3 saturated heterocycles. The summed E-state index contributed by atoms with van der Waals surface area (Å²) in [7, 11) is 0. The number of nitrogens with zero attached hydrogens (tertiary/aromatic N) is 5. The van der Waals surface area contributed by atoms with Crippen LogP contribution in [-0.2, 0) is 20.8 Å². The lowest BCUT2D eigenvalue weighted by Gasteiger charge is -2.63. The second kappa shape index (κ2) is 21.8. The van der Waals surface area contributed by atoms with Crippen molar-refractivity contribution in [2.24, 2.45) is 16.2 Å². The minimum atomic E-state index is -0.891. The summed E-state index contributed by atoms with van der Waals surface area (Å²) in [6.45, 7) is 21.0. The number of amides is 4. The summed E-state index contributed by atoms with van der Waals surface area (Å²) in [6, 6.07) is 21.4. The number of thiazole rings is 1. The van der Waals surface area contributed by atoms with Crippen molar-refractivity contribution < 1.29 is 29.0 Å². The van der Waals surface area contributed by atoms with E-state index in [1.165, 1.54) is 10.5 Å². The van der Waals surface area contributed by atoms with Gasteiger partial charge in [-0.2, -0.15) is 5.26 Å². The van der Waals surface area contributed by atoms with Gasteiger partial charge in [0.05, 0.1) is 45.4 Å². The average Bonchev–Trinajstić information content (AvgIpc) is 4.02. The molecule has 4 heterocycles. The molecule has 4 aromatic rings. The van der Waals surface area contributed by atoms with Gasteiger partial charge in [-0.05, 0) is 98.9 Å². The fourth-order valence-electron chi connectivity index (χ4n) is 12.2. The summed E-state index contributed by atoms with van der Waals surface area (Å²) >= 11 is 7.86. The molecule has 4 fully saturated rings. The molecule has 1 aromatic heterocycles. The number of β-amino-alcohol motifs (C(OH)–C–C–N with tert-alkyl or cyclic N) is 1. The van der Waals surface area contributed by atoms with Crippen molar-refractivity contribution in [3.05, 3.63) is 105 Å². The highest BCUT2D eigenvalue weighted by Crippen LogP contribution is 2.55. The number of carbonyl (C=O) groups excluding carboxylic acids is 4. The summed E-state index contributed by atoms with van der Waals surface area (Å²) in [5.74, 6) is -0.433. The van der Waals surface area contributed by atoms with Gasteiger partial charge in [0.25, 0.3) is 5.91 Å². The zero-order valence-corrected chi connectivity index (χ0v) is 45.4. The van der Waals surface area contributed by atoms with E-state index in [1.807, 2.05) is 88.7 Å². The Labute approximate surface area is 440 Å². The molecule has 2 unspecified atom stereocenters. The maximum atomic E-state index is 14.4. The van der Waals surface area contributed by atoms with Crippen LogP contribution in [0.3, 0.4) is 0 Å². The molecule has 4 aliphatic rings. The topological polar surface area (TPSA) is 180 Å². The first-order chi connectivity index (χ1) is 34.5. The Bertz CT molecular complexity index is 2670. The molecule has 73 heavy (non-hydrogen) atoms. The Balaban J connectivity index is 0.773. The highest BCUT2D eigenvalue weighted by molar-refractivity contribution is 7.13. The molecule has 4 N–H and O–H groups in total. The van der Waals surface area contributed by atoms with E-state index in [9.17, 15) is 29.5 Å². The van der Waals surface area contributed by atoms with Gasteiger partial charge in [-0.3, -0.25) is 24.1 Å². The van der Waals surface area contributed by atoms with Gasteiger partial charge in [0, 0.05) is 66.6 Å². The Morgan fingerprint density at radius 2 is 1.62 bits per heavy atom. The van der Waals surface area contributed by atoms with Crippen LogP contribution in [0, 0.1) is 34.5 Å². The number of hydrogen-bond acceptors (Lipinski definition) is 11. The standard InChI is InChI=1S/C57H73ClN8O6S/c1-34(37-17-19-38(20-18-37)48-35(2)60-33-73-48)61-51(70)46-26-43(67)31-66(46)52(71)49(55(3,4)5)62-47(68)32-65-41-22-23-42(65)30-64(29-41)25-11-10-12-36-13-15-39(16-14-36)50(69)63-53-56(6,7)54(57(53,8)9)72-44-24-21-40(28-59)45(58)27-44/h13-21,24,27,33-34,41-43,46,49,53-54,67H,10-12,22-23,25-26,29-32H2,1-9H3,(H,61,70)(H,62,68)(H,63,69)/t34-,41?,42?,43+,46-,49+,53?,54?/m0/s1. The van der Waals surface area contributed by atoms with Crippen LogP contribution in [0.1, 0.15) is 126 Å². The Morgan fingerprint density at radius 1 is 0.945 bits per heavy atom. The third-order valence-electron chi connectivity index (χ3n) is 15.9. The quantitative estimate of drug-likeness (QED) is 0.0756. The van der Waals surface area contributed by atoms with Crippen LogP contribution in [0.4, 0.5) is 0 Å². The molecule has 0 radical (unpaired) electrons. The third-order valence-corrected chi connectivity index (χ3v) is 17.2. The van der Waals surface area contributed by atoms with E-state index < -0.39 is 23.6 Å². The van der Waals surface area contributed by atoms with Crippen molar-refractivity contribution >= 4 is 46.6 Å². The van der Waals surface area contributed by atoms with Crippen LogP contribution in [-0.4, -0.2) is 124 Å². The number of likely N-dealkylation sites (tertiary alicyclic amines) is 2. The van der Waals surface area contributed by atoms with E-state index in [2.05, 4.69) is 64.5 Å². The highest BCUT2D eigenvalue weighted by atomic mass is 35.5. The number of rotatable bonds is 17. The predicted octanol–water partition coefficient (Wildman–Crippen LogP) is 8.10. The Kier molecular flexibility index (Phi) is 16.1. The minimum Gasteiger partial charge on any atom is -0.489 e. The normalized spacial score (nSPS) is 24.2. The van der Waals surface area contributed by atoms with E-state index in [0.717, 1.165) is 73.4 Å². The summed E-state index contributed by atoms with van der Waals surface area (Å²) in [5, 5.41) is 29.8. The molecule has 0 spiro atoms. The number of fused-ring (bicyclic) bond motifs is 2. The van der Waals surface area contributed by atoms with Crippen LogP contribution in [0.5, 0.6) is 5.75 Å². The predicted molar refractivity (Wildman–Crippen MR) is 285 cm³/mol. The lowest BCUT2D eigenvalue weighted by atomic mass is 9.49. The number of nitriles is 1. The number of aliphatic hydroxyl groups excluding tert-OH is 1. The summed E-state index contributed by atoms with van der Waals surface area (Å²) in [5.41, 5.74) is 5.61. The van der Waals surface area contributed by atoms with Gasteiger partial charge in [-0.15, -0.1) is 11.3 Å². The van der Waals surface area contributed by atoms with Crippen molar-refractivity contribution in [1.29, 1.82) is 5.26 Å². The largest absolute Gasteiger partial charge is 0.489 e. The van der Waals surface area contributed by atoms with E-state index in [0.29, 0.717) is 21.9 Å². The number of piperazine rings is 1. The van der Waals surface area contributed by atoms with Crippen molar-refractivity contribution in [1.82, 2.24) is 35.6 Å². The number of aliphatic hydroxyl groups is 1. The highest BCUT2D eigenvalue weighted by Gasteiger charge is 2.64. The number of aromatic nitrogens is 1. The summed E-state index contributed by atoms with van der Waals surface area (Å²) < 4.78 is 6.40. The van der Waals surface area contributed by atoms with Gasteiger partial charge >= 0.3 is 0 Å². The van der Waals surface area contributed by atoms with E-state index in [4.69, 9.17) is 16.3 Å². The minimum absolute atomic E-state index is 0.0188. The molecule has 390 valence electrons. The molecule has 1 aliphatic carbocycles. The molecule has 14 nitrogen and oxygen atoms in total. The number of nitrogens with one attached hydrogen (secondary N) is 3. The van der Waals surface area contributed by atoms with Crippen LogP contribution in [0.15, 0.2) is 72.2 Å². The molecular formula is C57H73ClN8O6S. The first kappa shape index (κ1) is 53.9. The van der Waals surface area contributed by atoms with Gasteiger partial charge in [0.15, 0.2) is 0 Å². The van der Waals surface area contributed by atoms with Crippen LogP contribution >= 0.6 is 22.9 Å². The Hall–Kier alpha value is -5.37. The molecule has 16 heteroatoms. The second-order valence-electron chi connectivity index (χ2n) is 23.2. The zero-order valence-electron chi connectivity index (χ0n) is 43.8. The number of carbonyl (C=O) groups is 4. The maximum Gasteiger partial charge on any atom is 0.251 e. The molecule has 6 atom stereocenters. The van der Waals surface area contributed by atoms with Crippen molar-refractivity contribution in [3.63, 3.8) is 0 Å². The van der Waals surface area contributed by atoms with Gasteiger partial charge in [0.1, 0.15) is 30.0 Å². The number of ether oxygens (including phenoxy) is 1. The van der Waals surface area contributed by atoms with Gasteiger partial charge in [0.2, 0.25) is 17.7 Å². The number of unbranched alkanes of at least 4 members (excludes halogenated alkanes) is 1. The van der Waals surface area contributed by atoms with Gasteiger partial charge in [-0.25, -0.2) is 4.98 Å². The fourth-order valence-corrected chi connectivity index (χ4v) is 13.2. The smallest absolute Gasteiger partial charge is 0.251 e. The number of hydrogen-bond donors (Lipinski definition) is 4. The van der Waals surface area contributed by atoms with Crippen molar-refractivity contribution in [2.75, 3.05) is 32.7 Å². The molecule has 8 rings (SSSR count).